The second kappa shape index (κ2) is 9.55. The normalized spacial score (nSPS) is 13.7. The maximum absolute atomic E-state index is 11.8. The fourth-order valence-corrected chi connectivity index (χ4v) is 2.73. The molecule has 2 rings (SSSR count). The Morgan fingerprint density at radius 2 is 1.73 bits per heavy atom. The third-order valence-electron chi connectivity index (χ3n) is 3.93. The highest BCUT2D eigenvalue weighted by molar-refractivity contribution is 5.95. The lowest BCUT2D eigenvalue weighted by molar-refractivity contribution is -0.147. The summed E-state index contributed by atoms with van der Waals surface area (Å²) in [6, 6.07) is 6.25. The molecule has 1 aromatic carbocycles. The molecule has 0 aliphatic heterocycles. The van der Waals surface area contributed by atoms with E-state index in [9.17, 15) is 19.2 Å². The molecule has 0 heterocycles. The first-order chi connectivity index (χ1) is 12.4. The Balaban J connectivity index is 1.67. The molecule has 8 nitrogen and oxygen atoms in total. The summed E-state index contributed by atoms with van der Waals surface area (Å²) >= 11 is 0. The number of esters is 1. The highest BCUT2D eigenvalue weighted by Gasteiger charge is 2.18. The average Bonchev–Trinajstić information content (AvgIpc) is 3.07. The van der Waals surface area contributed by atoms with Gasteiger partial charge >= 0.3 is 12.0 Å². The number of rotatable bonds is 6. The van der Waals surface area contributed by atoms with Gasteiger partial charge in [-0.2, -0.15) is 0 Å². The minimum Gasteiger partial charge on any atom is -0.455 e. The second-order valence-electron chi connectivity index (χ2n) is 6.22. The molecule has 0 bridgehead atoms. The molecule has 1 saturated carbocycles. The largest absolute Gasteiger partial charge is 0.455 e. The van der Waals surface area contributed by atoms with Crippen molar-refractivity contribution in [3.05, 3.63) is 29.8 Å². The molecule has 0 radical (unpaired) electrons. The van der Waals surface area contributed by atoms with E-state index >= 15 is 0 Å². The van der Waals surface area contributed by atoms with Crippen molar-refractivity contribution in [2.24, 2.45) is 0 Å². The van der Waals surface area contributed by atoms with Crippen LogP contribution in [0.5, 0.6) is 0 Å². The average molecular weight is 361 g/mol. The first-order valence-electron chi connectivity index (χ1n) is 8.55. The molecule has 26 heavy (non-hydrogen) atoms. The molecule has 140 valence electrons. The van der Waals surface area contributed by atoms with Gasteiger partial charge in [0.15, 0.2) is 6.61 Å². The van der Waals surface area contributed by atoms with Crippen LogP contribution in [0, 0.1) is 0 Å². The zero-order chi connectivity index (χ0) is 18.9. The predicted octanol–water partition coefficient (Wildman–Crippen LogP) is 1.50. The minimum atomic E-state index is -0.671. The van der Waals surface area contributed by atoms with E-state index in [1.165, 1.54) is 6.92 Å². The van der Waals surface area contributed by atoms with Crippen molar-refractivity contribution in [2.45, 2.75) is 45.1 Å². The zero-order valence-corrected chi connectivity index (χ0v) is 14.7. The summed E-state index contributed by atoms with van der Waals surface area (Å²) in [6.45, 7) is 0.894. The fraction of sp³-hybridized carbons (Fsp3) is 0.444. The highest BCUT2D eigenvalue weighted by Crippen LogP contribution is 2.17. The number of hydrogen-bond acceptors (Lipinski definition) is 5. The lowest BCUT2D eigenvalue weighted by atomic mass is 10.1. The minimum absolute atomic E-state index is 0.0120. The van der Waals surface area contributed by atoms with E-state index in [-0.39, 0.29) is 18.4 Å². The van der Waals surface area contributed by atoms with E-state index in [4.69, 9.17) is 4.74 Å². The topological polar surface area (TPSA) is 114 Å². The van der Waals surface area contributed by atoms with Crippen LogP contribution < -0.4 is 16.0 Å². The van der Waals surface area contributed by atoms with E-state index in [0.717, 1.165) is 25.7 Å². The molecule has 1 aliphatic rings. The summed E-state index contributed by atoms with van der Waals surface area (Å²) in [5.41, 5.74) is 1.31. The Kier molecular flexibility index (Phi) is 7.13. The van der Waals surface area contributed by atoms with Crippen molar-refractivity contribution < 1.29 is 23.9 Å². The molecule has 0 saturated heterocycles. The van der Waals surface area contributed by atoms with E-state index in [0.29, 0.717) is 11.3 Å². The van der Waals surface area contributed by atoms with Crippen LogP contribution in [0.2, 0.25) is 0 Å². The molecule has 1 aliphatic carbocycles. The number of nitrogens with one attached hydrogen (secondary N) is 3. The van der Waals surface area contributed by atoms with Gasteiger partial charge < -0.3 is 15.4 Å². The maximum atomic E-state index is 11.8. The number of imide groups is 1. The zero-order valence-electron chi connectivity index (χ0n) is 14.7. The van der Waals surface area contributed by atoms with E-state index in [1.807, 2.05) is 0 Å². The number of anilines is 1. The number of benzene rings is 1. The van der Waals surface area contributed by atoms with E-state index in [1.54, 1.807) is 24.3 Å². The summed E-state index contributed by atoms with van der Waals surface area (Å²) in [5, 5.41) is 7.48. The number of urea groups is 1. The fourth-order valence-electron chi connectivity index (χ4n) is 2.73. The number of ether oxygens (including phenoxy) is 1. The third-order valence-corrected chi connectivity index (χ3v) is 3.93. The van der Waals surface area contributed by atoms with Crippen LogP contribution in [0.4, 0.5) is 10.5 Å². The highest BCUT2D eigenvalue weighted by atomic mass is 16.5. The molecule has 0 unspecified atom stereocenters. The summed E-state index contributed by atoms with van der Waals surface area (Å²) in [7, 11) is 0. The van der Waals surface area contributed by atoms with Gasteiger partial charge in [0.2, 0.25) is 5.91 Å². The first-order valence-corrected chi connectivity index (χ1v) is 8.55. The van der Waals surface area contributed by atoms with Crippen LogP contribution in [0.3, 0.4) is 0 Å². The van der Waals surface area contributed by atoms with Crippen molar-refractivity contribution in [1.29, 1.82) is 0 Å². The quantitative estimate of drug-likeness (QED) is 0.665. The van der Waals surface area contributed by atoms with E-state index < -0.39 is 24.5 Å². The van der Waals surface area contributed by atoms with Gasteiger partial charge in [0, 0.05) is 18.7 Å². The summed E-state index contributed by atoms with van der Waals surface area (Å²) in [5.74, 6) is -1.43. The van der Waals surface area contributed by atoms with Crippen LogP contribution in [0.15, 0.2) is 24.3 Å². The van der Waals surface area contributed by atoms with Crippen molar-refractivity contribution in [3.63, 3.8) is 0 Å². The van der Waals surface area contributed by atoms with Gasteiger partial charge in [0.1, 0.15) is 0 Å². The Labute approximate surface area is 151 Å². The maximum Gasteiger partial charge on any atom is 0.321 e. The molecule has 3 N–H and O–H groups in total. The van der Waals surface area contributed by atoms with Crippen molar-refractivity contribution in [1.82, 2.24) is 10.6 Å². The Morgan fingerprint density at radius 3 is 2.35 bits per heavy atom. The third kappa shape index (κ3) is 6.92. The van der Waals surface area contributed by atoms with Crippen LogP contribution >= 0.6 is 0 Å². The lowest BCUT2D eigenvalue weighted by Gasteiger charge is -2.12. The van der Waals surface area contributed by atoms with Crippen molar-refractivity contribution >= 4 is 29.5 Å². The lowest BCUT2D eigenvalue weighted by Crippen LogP contribution is -2.45. The van der Waals surface area contributed by atoms with Gasteiger partial charge in [0.25, 0.3) is 5.91 Å². The molecular weight excluding hydrogens is 338 g/mol. The van der Waals surface area contributed by atoms with Gasteiger partial charge in [0.05, 0.1) is 6.42 Å². The molecule has 8 heteroatoms. The molecule has 0 aromatic heterocycles. The standard InChI is InChI=1S/C18H23N3O5/c1-12(22)19-15-8-6-13(7-9-15)10-17(24)26-11-16(23)21-18(25)20-14-4-2-3-5-14/h6-9,14H,2-5,10-11H2,1H3,(H,19,22)(H2,20,21,23,25). The summed E-state index contributed by atoms with van der Waals surface area (Å²) in [4.78, 5) is 46.0. The summed E-state index contributed by atoms with van der Waals surface area (Å²) < 4.78 is 4.87. The summed E-state index contributed by atoms with van der Waals surface area (Å²) in [6.07, 6.45) is 3.96. The van der Waals surface area contributed by atoms with Crippen LogP contribution in [-0.2, 0) is 25.5 Å². The van der Waals surface area contributed by atoms with Crippen molar-refractivity contribution in [3.8, 4) is 0 Å². The SMILES string of the molecule is CC(=O)Nc1ccc(CC(=O)OCC(=O)NC(=O)NC2CCCC2)cc1. The predicted molar refractivity (Wildman–Crippen MR) is 94.3 cm³/mol. The van der Waals surface area contributed by atoms with Gasteiger partial charge in [-0.05, 0) is 30.5 Å². The van der Waals surface area contributed by atoms with Gasteiger partial charge in [-0.15, -0.1) is 0 Å². The van der Waals surface area contributed by atoms with Gasteiger partial charge in [-0.1, -0.05) is 25.0 Å². The molecule has 0 spiro atoms. The molecule has 1 aromatic rings. The van der Waals surface area contributed by atoms with Crippen LogP contribution in [0.1, 0.15) is 38.2 Å². The molecule has 1 fully saturated rings. The van der Waals surface area contributed by atoms with Crippen LogP contribution in [-0.4, -0.2) is 36.5 Å². The van der Waals surface area contributed by atoms with E-state index in [2.05, 4.69) is 16.0 Å². The number of carbonyl (C=O) groups excluding carboxylic acids is 4. The molecule has 0 atom stereocenters. The van der Waals surface area contributed by atoms with Crippen molar-refractivity contribution in [2.75, 3.05) is 11.9 Å². The molecule has 4 amide bonds. The number of carbonyl (C=O) groups is 4. The Hall–Kier alpha value is -2.90. The Bertz CT molecular complexity index is 666. The molecular formula is C18H23N3O5. The van der Waals surface area contributed by atoms with Crippen LogP contribution in [0.25, 0.3) is 0 Å². The second-order valence-corrected chi connectivity index (χ2v) is 6.22. The Morgan fingerprint density at radius 1 is 1.08 bits per heavy atom. The monoisotopic (exact) mass is 361 g/mol. The number of hydrogen-bond donors (Lipinski definition) is 3. The number of amides is 4. The van der Waals surface area contributed by atoms with Gasteiger partial charge in [-0.25, -0.2) is 4.79 Å². The smallest absolute Gasteiger partial charge is 0.321 e. The first kappa shape index (κ1) is 19.4. The van der Waals surface area contributed by atoms with Gasteiger partial charge in [-0.3, -0.25) is 19.7 Å².